The largest absolute Gasteiger partial charge is 0.316 e. The van der Waals surface area contributed by atoms with E-state index in [1.165, 1.54) is 0 Å². The number of rotatable bonds is 7. The first-order valence-electron chi connectivity index (χ1n) is 6.03. The Balaban J connectivity index is 0. The standard InChI is InChI=1S/C12H21N3O3S.2ClH/c1-9-3-5-11(6-4-9)19(16,17)12(18-14)7-8-15-10(2)13;;/h3-6,10,12,15H,7-8,13-14H2,1-2H3;2*1H. The van der Waals surface area contributed by atoms with Crippen molar-refractivity contribution in [1.82, 2.24) is 5.32 Å². The molecule has 6 nitrogen and oxygen atoms in total. The van der Waals surface area contributed by atoms with Gasteiger partial charge in [0.1, 0.15) is 0 Å². The van der Waals surface area contributed by atoms with Gasteiger partial charge in [-0.3, -0.25) is 4.84 Å². The van der Waals surface area contributed by atoms with E-state index in [-0.39, 0.29) is 42.3 Å². The second-order valence-corrected chi connectivity index (χ2v) is 6.54. The lowest BCUT2D eigenvalue weighted by Gasteiger charge is -2.16. The van der Waals surface area contributed by atoms with Gasteiger partial charge in [-0.15, -0.1) is 24.8 Å². The quantitative estimate of drug-likeness (QED) is 0.497. The van der Waals surface area contributed by atoms with Gasteiger partial charge in [0.15, 0.2) is 5.44 Å². The number of nitrogens with one attached hydrogen (secondary N) is 1. The fourth-order valence-corrected chi connectivity index (χ4v) is 3.00. The first-order valence-corrected chi connectivity index (χ1v) is 7.57. The van der Waals surface area contributed by atoms with Crippen LogP contribution >= 0.6 is 24.8 Å². The number of nitrogens with two attached hydrogens (primary N) is 2. The zero-order valence-electron chi connectivity index (χ0n) is 12.0. The molecular formula is C12H23Cl2N3O3S. The van der Waals surface area contributed by atoms with Crippen LogP contribution in [-0.4, -0.2) is 26.6 Å². The Morgan fingerprint density at radius 1 is 1.24 bits per heavy atom. The van der Waals surface area contributed by atoms with Crippen molar-refractivity contribution in [2.75, 3.05) is 6.54 Å². The molecule has 5 N–H and O–H groups in total. The van der Waals surface area contributed by atoms with Gasteiger partial charge in [-0.2, -0.15) is 0 Å². The van der Waals surface area contributed by atoms with Crippen LogP contribution < -0.4 is 16.9 Å². The van der Waals surface area contributed by atoms with E-state index in [9.17, 15) is 8.42 Å². The molecule has 0 spiro atoms. The molecular weight excluding hydrogens is 337 g/mol. The highest BCUT2D eigenvalue weighted by Gasteiger charge is 2.27. The fourth-order valence-electron chi connectivity index (χ4n) is 1.60. The molecule has 0 saturated carbocycles. The summed E-state index contributed by atoms with van der Waals surface area (Å²) in [4.78, 5) is 4.82. The molecule has 2 unspecified atom stereocenters. The lowest BCUT2D eigenvalue weighted by molar-refractivity contribution is 0.101. The molecule has 1 aromatic rings. The van der Waals surface area contributed by atoms with Gasteiger partial charge in [0.2, 0.25) is 9.84 Å². The zero-order valence-corrected chi connectivity index (χ0v) is 14.4. The molecule has 124 valence electrons. The highest BCUT2D eigenvalue weighted by molar-refractivity contribution is 7.91. The number of hydrogen-bond acceptors (Lipinski definition) is 6. The summed E-state index contributed by atoms with van der Waals surface area (Å²) in [6.45, 7) is 4.07. The number of halogens is 2. The van der Waals surface area contributed by atoms with Crippen molar-refractivity contribution in [2.24, 2.45) is 11.6 Å². The summed E-state index contributed by atoms with van der Waals surface area (Å²) in [5, 5.41) is 2.92. The third kappa shape index (κ3) is 6.92. The first kappa shape index (κ1) is 22.9. The van der Waals surface area contributed by atoms with Gasteiger partial charge < -0.3 is 11.1 Å². The van der Waals surface area contributed by atoms with Crippen LogP contribution in [0.3, 0.4) is 0 Å². The van der Waals surface area contributed by atoms with Crippen molar-refractivity contribution < 1.29 is 13.3 Å². The minimum Gasteiger partial charge on any atom is -0.316 e. The molecule has 0 aliphatic carbocycles. The second-order valence-electron chi connectivity index (χ2n) is 4.46. The van der Waals surface area contributed by atoms with Crippen LogP contribution in [0.2, 0.25) is 0 Å². The molecule has 0 radical (unpaired) electrons. The third-order valence-corrected chi connectivity index (χ3v) is 4.66. The van der Waals surface area contributed by atoms with Crippen molar-refractivity contribution in [2.45, 2.75) is 36.8 Å². The maximum Gasteiger partial charge on any atom is 0.207 e. The van der Waals surface area contributed by atoms with E-state index in [4.69, 9.17) is 11.6 Å². The topological polar surface area (TPSA) is 107 Å². The Bertz CT molecular complexity index is 495. The second kappa shape index (κ2) is 10.3. The van der Waals surface area contributed by atoms with Crippen LogP contribution in [0, 0.1) is 6.92 Å². The SMILES string of the molecule is Cc1ccc(S(=O)(=O)C(CCNC(C)N)ON)cc1.Cl.Cl. The summed E-state index contributed by atoms with van der Waals surface area (Å²) in [6.07, 6.45) is 0.0225. The van der Waals surface area contributed by atoms with E-state index in [0.29, 0.717) is 6.54 Å². The molecule has 0 fully saturated rings. The molecule has 1 rings (SSSR count). The molecule has 2 atom stereocenters. The summed E-state index contributed by atoms with van der Waals surface area (Å²) in [7, 11) is -3.59. The van der Waals surface area contributed by atoms with Gasteiger partial charge in [0, 0.05) is 13.0 Å². The fraction of sp³-hybridized carbons (Fsp3) is 0.500. The minimum absolute atomic E-state index is 0. The Labute approximate surface area is 138 Å². The Hall–Kier alpha value is -0.410. The number of hydrogen-bond donors (Lipinski definition) is 3. The Morgan fingerprint density at radius 3 is 2.19 bits per heavy atom. The molecule has 0 aromatic heterocycles. The van der Waals surface area contributed by atoms with Crippen LogP contribution in [0.1, 0.15) is 18.9 Å². The molecule has 0 aliphatic rings. The highest BCUT2D eigenvalue weighted by Crippen LogP contribution is 2.18. The van der Waals surface area contributed by atoms with Gasteiger partial charge in [0.05, 0.1) is 11.1 Å². The predicted molar refractivity (Wildman–Crippen MR) is 88.2 cm³/mol. The summed E-state index contributed by atoms with van der Waals surface area (Å²) in [6, 6.07) is 6.58. The summed E-state index contributed by atoms with van der Waals surface area (Å²) in [5.41, 5.74) is 5.43. The van der Waals surface area contributed by atoms with Crippen molar-refractivity contribution in [1.29, 1.82) is 0 Å². The van der Waals surface area contributed by atoms with E-state index >= 15 is 0 Å². The molecule has 0 bridgehead atoms. The van der Waals surface area contributed by atoms with E-state index in [1.54, 1.807) is 31.2 Å². The van der Waals surface area contributed by atoms with Gasteiger partial charge in [-0.1, -0.05) is 17.7 Å². The maximum absolute atomic E-state index is 12.3. The summed E-state index contributed by atoms with van der Waals surface area (Å²) in [5.74, 6) is 5.10. The summed E-state index contributed by atoms with van der Waals surface area (Å²) < 4.78 is 24.6. The molecule has 9 heteroatoms. The highest BCUT2D eigenvalue weighted by atomic mass is 35.5. The maximum atomic E-state index is 12.3. The normalized spacial score (nSPS) is 13.7. The average molecular weight is 360 g/mol. The van der Waals surface area contributed by atoms with E-state index < -0.39 is 15.3 Å². The van der Waals surface area contributed by atoms with Gasteiger partial charge >= 0.3 is 0 Å². The van der Waals surface area contributed by atoms with Crippen LogP contribution in [0.25, 0.3) is 0 Å². The van der Waals surface area contributed by atoms with Crippen LogP contribution in [0.4, 0.5) is 0 Å². The first-order chi connectivity index (χ1) is 8.87. The lowest BCUT2D eigenvalue weighted by Crippen LogP contribution is -2.38. The van der Waals surface area contributed by atoms with E-state index in [0.717, 1.165) is 5.56 Å². The van der Waals surface area contributed by atoms with E-state index in [2.05, 4.69) is 10.2 Å². The predicted octanol–water partition coefficient (Wildman–Crippen LogP) is 1.11. The molecule has 0 heterocycles. The van der Waals surface area contributed by atoms with Crippen molar-refractivity contribution in [3.05, 3.63) is 29.8 Å². The average Bonchev–Trinajstić information content (AvgIpc) is 2.34. The lowest BCUT2D eigenvalue weighted by atomic mass is 10.2. The van der Waals surface area contributed by atoms with Gasteiger partial charge in [-0.25, -0.2) is 14.3 Å². The van der Waals surface area contributed by atoms with Gasteiger partial charge in [-0.05, 0) is 26.0 Å². The molecule has 21 heavy (non-hydrogen) atoms. The van der Waals surface area contributed by atoms with Crippen molar-refractivity contribution >= 4 is 34.7 Å². The van der Waals surface area contributed by atoms with Crippen molar-refractivity contribution in [3.8, 4) is 0 Å². The van der Waals surface area contributed by atoms with Crippen LogP contribution in [-0.2, 0) is 14.7 Å². The number of sulfone groups is 1. The monoisotopic (exact) mass is 359 g/mol. The molecule has 0 saturated heterocycles. The molecule has 0 amide bonds. The third-order valence-electron chi connectivity index (χ3n) is 2.69. The van der Waals surface area contributed by atoms with Crippen molar-refractivity contribution in [3.63, 3.8) is 0 Å². The summed E-state index contributed by atoms with van der Waals surface area (Å²) >= 11 is 0. The van der Waals surface area contributed by atoms with E-state index in [1.807, 2.05) is 6.92 Å². The van der Waals surface area contributed by atoms with Gasteiger partial charge in [0.25, 0.3) is 0 Å². The van der Waals surface area contributed by atoms with Crippen LogP contribution in [0.15, 0.2) is 29.2 Å². The molecule has 0 aliphatic heterocycles. The Kier molecular flexibility index (Phi) is 11.3. The number of benzene rings is 1. The minimum atomic E-state index is -3.59. The number of aryl methyl sites for hydroxylation is 1. The van der Waals surface area contributed by atoms with Crippen LogP contribution in [0.5, 0.6) is 0 Å². The Morgan fingerprint density at radius 2 is 1.76 bits per heavy atom. The zero-order chi connectivity index (χ0) is 14.5. The molecule has 1 aromatic carbocycles. The smallest absolute Gasteiger partial charge is 0.207 e.